The Balaban J connectivity index is 1.85. The minimum absolute atomic E-state index is 0.0496. The molecule has 0 radical (unpaired) electrons. The summed E-state index contributed by atoms with van der Waals surface area (Å²) in [5.41, 5.74) is 2.15. The Morgan fingerprint density at radius 3 is 2.38 bits per heavy atom. The zero-order valence-corrected chi connectivity index (χ0v) is 12.6. The van der Waals surface area contributed by atoms with Crippen molar-refractivity contribution < 1.29 is 10.2 Å². The molecule has 0 saturated carbocycles. The van der Waals surface area contributed by atoms with Gasteiger partial charge in [0.25, 0.3) is 0 Å². The number of phenols is 2. The molecule has 3 heteroatoms. The van der Waals surface area contributed by atoms with Gasteiger partial charge in [-0.3, -0.25) is 0 Å². The van der Waals surface area contributed by atoms with E-state index in [1.165, 1.54) is 11.6 Å². The molecule has 3 N–H and O–H groups in total. The van der Waals surface area contributed by atoms with Crippen molar-refractivity contribution in [3.8, 4) is 11.5 Å². The van der Waals surface area contributed by atoms with E-state index < -0.39 is 0 Å². The highest BCUT2D eigenvalue weighted by Crippen LogP contribution is 2.28. The summed E-state index contributed by atoms with van der Waals surface area (Å²) in [6.45, 7) is 5.11. The maximum Gasteiger partial charge on any atom is 0.124 e. The molecule has 2 aromatic rings. The zero-order valence-electron chi connectivity index (χ0n) is 12.6. The average molecular weight is 285 g/mol. The lowest BCUT2D eigenvalue weighted by Gasteiger charge is -2.18. The van der Waals surface area contributed by atoms with Crippen LogP contribution in [0.5, 0.6) is 11.5 Å². The fourth-order valence-corrected chi connectivity index (χ4v) is 2.47. The van der Waals surface area contributed by atoms with Gasteiger partial charge in [0.1, 0.15) is 11.5 Å². The van der Waals surface area contributed by atoms with Gasteiger partial charge in [-0.2, -0.15) is 0 Å². The summed E-state index contributed by atoms with van der Waals surface area (Å²) in [5.74, 6) is 0.714. The number of aromatic hydroxyl groups is 2. The second-order valence-electron chi connectivity index (χ2n) is 5.52. The second-order valence-corrected chi connectivity index (χ2v) is 5.52. The molecule has 0 aliphatic rings. The van der Waals surface area contributed by atoms with Gasteiger partial charge in [0, 0.05) is 17.7 Å². The smallest absolute Gasteiger partial charge is 0.124 e. The Morgan fingerprint density at radius 2 is 1.71 bits per heavy atom. The number of hydrogen-bond donors (Lipinski definition) is 3. The first-order valence-electron chi connectivity index (χ1n) is 7.38. The largest absolute Gasteiger partial charge is 0.508 e. The minimum atomic E-state index is 0.0496. The van der Waals surface area contributed by atoms with Crippen LogP contribution in [-0.4, -0.2) is 16.8 Å². The predicted molar refractivity (Wildman–Crippen MR) is 85.7 cm³/mol. The van der Waals surface area contributed by atoms with Crippen molar-refractivity contribution in [2.75, 3.05) is 6.54 Å². The molecule has 2 unspecified atom stereocenters. The molecule has 0 fully saturated rings. The highest BCUT2D eigenvalue weighted by Gasteiger charge is 2.11. The van der Waals surface area contributed by atoms with E-state index in [9.17, 15) is 10.2 Å². The summed E-state index contributed by atoms with van der Waals surface area (Å²) >= 11 is 0. The number of benzene rings is 2. The molecule has 112 valence electrons. The molecule has 2 atom stereocenters. The van der Waals surface area contributed by atoms with Gasteiger partial charge in [-0.05, 0) is 37.4 Å². The van der Waals surface area contributed by atoms with E-state index in [1.54, 1.807) is 12.1 Å². The molecule has 0 bridgehead atoms. The molecular weight excluding hydrogens is 262 g/mol. The Labute approximate surface area is 126 Å². The highest BCUT2D eigenvalue weighted by molar-refractivity contribution is 5.40. The van der Waals surface area contributed by atoms with Crippen LogP contribution in [0.25, 0.3) is 0 Å². The number of rotatable bonds is 6. The Kier molecular flexibility index (Phi) is 5.23. The normalized spacial score (nSPS) is 13.8. The lowest BCUT2D eigenvalue weighted by atomic mass is 9.97. The topological polar surface area (TPSA) is 52.5 Å². The minimum Gasteiger partial charge on any atom is -0.508 e. The molecule has 0 heterocycles. The molecule has 0 aliphatic carbocycles. The molecule has 0 saturated heterocycles. The number of phenolic OH excluding ortho intramolecular Hbond substituents is 2. The van der Waals surface area contributed by atoms with E-state index in [0.29, 0.717) is 5.92 Å². The first-order valence-corrected chi connectivity index (χ1v) is 7.38. The monoisotopic (exact) mass is 285 g/mol. The van der Waals surface area contributed by atoms with Gasteiger partial charge >= 0.3 is 0 Å². The summed E-state index contributed by atoms with van der Waals surface area (Å²) in [7, 11) is 0. The number of nitrogens with one attached hydrogen (secondary N) is 1. The third kappa shape index (κ3) is 4.23. The quantitative estimate of drug-likeness (QED) is 0.753. The van der Waals surface area contributed by atoms with E-state index in [2.05, 4.69) is 36.5 Å². The van der Waals surface area contributed by atoms with Crippen molar-refractivity contribution >= 4 is 0 Å². The first-order chi connectivity index (χ1) is 10.1. The van der Waals surface area contributed by atoms with Gasteiger partial charge in [-0.15, -0.1) is 0 Å². The van der Waals surface area contributed by atoms with Gasteiger partial charge in [-0.1, -0.05) is 43.3 Å². The van der Waals surface area contributed by atoms with Crippen LogP contribution in [0.3, 0.4) is 0 Å². The van der Waals surface area contributed by atoms with Gasteiger partial charge < -0.3 is 15.5 Å². The summed E-state index contributed by atoms with van der Waals surface area (Å²) in [6, 6.07) is 15.2. The van der Waals surface area contributed by atoms with Crippen LogP contribution in [0.1, 0.15) is 43.4 Å². The van der Waals surface area contributed by atoms with E-state index in [0.717, 1.165) is 18.5 Å². The maximum absolute atomic E-state index is 9.85. The van der Waals surface area contributed by atoms with Crippen LogP contribution in [0.2, 0.25) is 0 Å². The molecule has 2 rings (SSSR count). The fourth-order valence-electron chi connectivity index (χ4n) is 2.47. The standard InChI is InChI=1S/C18H23NO2/c1-13(15-6-4-3-5-7-15)10-11-19-14(2)17-9-8-16(20)12-18(17)21/h3-9,12-14,19-21H,10-11H2,1-2H3. The molecule has 2 aromatic carbocycles. The molecule has 3 nitrogen and oxygen atoms in total. The maximum atomic E-state index is 9.85. The lowest BCUT2D eigenvalue weighted by molar-refractivity contribution is 0.434. The van der Waals surface area contributed by atoms with Gasteiger partial charge in [-0.25, -0.2) is 0 Å². The van der Waals surface area contributed by atoms with Crippen LogP contribution >= 0.6 is 0 Å². The number of hydrogen-bond acceptors (Lipinski definition) is 3. The lowest BCUT2D eigenvalue weighted by Crippen LogP contribution is -2.21. The van der Waals surface area contributed by atoms with E-state index in [-0.39, 0.29) is 17.5 Å². The molecular formula is C18H23NO2. The van der Waals surface area contributed by atoms with E-state index in [1.807, 2.05) is 13.0 Å². The SMILES string of the molecule is CC(CCNC(C)c1ccc(O)cc1O)c1ccccc1. The van der Waals surface area contributed by atoms with Crippen molar-refractivity contribution in [1.82, 2.24) is 5.32 Å². The fraction of sp³-hybridized carbons (Fsp3) is 0.333. The predicted octanol–water partition coefficient (Wildman–Crippen LogP) is 3.94. The summed E-state index contributed by atoms with van der Waals surface area (Å²) in [5, 5.41) is 22.6. The van der Waals surface area contributed by atoms with Gasteiger partial charge in [0.2, 0.25) is 0 Å². The van der Waals surface area contributed by atoms with Crippen LogP contribution < -0.4 is 5.32 Å². The van der Waals surface area contributed by atoms with Gasteiger partial charge in [0.15, 0.2) is 0 Å². The van der Waals surface area contributed by atoms with E-state index in [4.69, 9.17) is 0 Å². The molecule has 21 heavy (non-hydrogen) atoms. The van der Waals surface area contributed by atoms with Crippen LogP contribution in [0.4, 0.5) is 0 Å². The highest BCUT2D eigenvalue weighted by atomic mass is 16.3. The second kappa shape index (κ2) is 7.14. The van der Waals surface area contributed by atoms with Crippen molar-refractivity contribution in [1.29, 1.82) is 0 Å². The van der Waals surface area contributed by atoms with Crippen molar-refractivity contribution in [3.05, 3.63) is 59.7 Å². The van der Waals surface area contributed by atoms with E-state index >= 15 is 0 Å². The Bertz CT molecular complexity index is 569. The van der Waals surface area contributed by atoms with Gasteiger partial charge in [0.05, 0.1) is 0 Å². The molecule has 0 aromatic heterocycles. The molecule has 0 aliphatic heterocycles. The van der Waals surface area contributed by atoms with Crippen molar-refractivity contribution in [3.63, 3.8) is 0 Å². The Morgan fingerprint density at radius 1 is 1.00 bits per heavy atom. The molecule has 0 amide bonds. The third-order valence-corrected chi connectivity index (χ3v) is 3.88. The summed E-state index contributed by atoms with van der Waals surface area (Å²) < 4.78 is 0. The third-order valence-electron chi connectivity index (χ3n) is 3.88. The van der Waals surface area contributed by atoms with Crippen LogP contribution in [-0.2, 0) is 0 Å². The Hall–Kier alpha value is -2.00. The van der Waals surface area contributed by atoms with Crippen LogP contribution in [0.15, 0.2) is 48.5 Å². The zero-order chi connectivity index (χ0) is 15.2. The average Bonchev–Trinajstić information content (AvgIpc) is 2.47. The molecule has 0 spiro atoms. The van der Waals surface area contributed by atoms with Crippen LogP contribution in [0, 0.1) is 0 Å². The van der Waals surface area contributed by atoms with Crippen molar-refractivity contribution in [2.45, 2.75) is 32.2 Å². The first kappa shape index (κ1) is 15.4. The summed E-state index contributed by atoms with van der Waals surface area (Å²) in [4.78, 5) is 0. The van der Waals surface area contributed by atoms with Crippen molar-refractivity contribution in [2.24, 2.45) is 0 Å². The summed E-state index contributed by atoms with van der Waals surface area (Å²) in [6.07, 6.45) is 1.03.